The summed E-state index contributed by atoms with van der Waals surface area (Å²) in [6.45, 7) is 5.58. The highest BCUT2D eigenvalue weighted by Crippen LogP contribution is 2.31. The molecule has 0 aliphatic heterocycles. The molecule has 118 valence electrons. The molecule has 0 bridgehead atoms. The predicted molar refractivity (Wildman–Crippen MR) is 80.7 cm³/mol. The monoisotopic (exact) mass is 314 g/mol. The number of sulfonamides is 1. The minimum atomic E-state index is -3.77. The van der Waals surface area contributed by atoms with E-state index in [0.717, 1.165) is 12.0 Å². The molecule has 1 rings (SSSR count). The smallest absolute Gasteiger partial charge is 0.260 e. The van der Waals surface area contributed by atoms with Crippen LogP contribution in [0.25, 0.3) is 0 Å². The van der Waals surface area contributed by atoms with Gasteiger partial charge in [0.15, 0.2) is 6.10 Å². The molecular weight excluding hydrogens is 292 g/mol. The molecule has 0 aromatic heterocycles. The molecule has 0 spiro atoms. The normalized spacial score (nSPS) is 14.3. The molecule has 21 heavy (non-hydrogen) atoms. The van der Waals surface area contributed by atoms with Gasteiger partial charge in [-0.3, -0.25) is 4.79 Å². The third-order valence-corrected chi connectivity index (χ3v) is 4.28. The van der Waals surface area contributed by atoms with Gasteiger partial charge in [-0.05, 0) is 43.0 Å². The Labute approximate surface area is 125 Å². The third kappa shape index (κ3) is 4.44. The van der Waals surface area contributed by atoms with E-state index in [4.69, 9.17) is 9.88 Å². The summed E-state index contributed by atoms with van der Waals surface area (Å²) in [5, 5.41) is 7.66. The molecule has 0 saturated carbocycles. The molecule has 1 aromatic carbocycles. The zero-order chi connectivity index (χ0) is 16.2. The van der Waals surface area contributed by atoms with E-state index in [1.807, 2.05) is 13.8 Å². The molecule has 0 fully saturated rings. The van der Waals surface area contributed by atoms with Crippen molar-refractivity contribution in [1.82, 2.24) is 5.32 Å². The highest BCUT2D eigenvalue weighted by Gasteiger charge is 2.19. The Morgan fingerprint density at radius 2 is 2.00 bits per heavy atom. The van der Waals surface area contributed by atoms with Gasteiger partial charge in [0.05, 0.1) is 4.90 Å². The van der Waals surface area contributed by atoms with Gasteiger partial charge in [-0.1, -0.05) is 13.8 Å². The number of rotatable bonds is 6. The number of carbonyl (C=O) groups is 1. The molecule has 0 radical (unpaired) electrons. The first-order chi connectivity index (χ1) is 9.70. The number of hydrogen-bond donors (Lipinski definition) is 2. The molecule has 1 aromatic rings. The Balaban J connectivity index is 3.23. The van der Waals surface area contributed by atoms with E-state index in [-0.39, 0.29) is 16.7 Å². The second-order valence-electron chi connectivity index (χ2n) is 4.93. The fraction of sp³-hybridized carbons (Fsp3) is 0.500. The topological polar surface area (TPSA) is 98.5 Å². The summed E-state index contributed by atoms with van der Waals surface area (Å²) < 4.78 is 28.6. The summed E-state index contributed by atoms with van der Waals surface area (Å²) >= 11 is 0. The number of amides is 1. The first-order valence-corrected chi connectivity index (χ1v) is 8.30. The fourth-order valence-electron chi connectivity index (χ4n) is 1.86. The van der Waals surface area contributed by atoms with E-state index in [9.17, 15) is 13.2 Å². The van der Waals surface area contributed by atoms with Gasteiger partial charge in [0.25, 0.3) is 5.91 Å². The van der Waals surface area contributed by atoms with Crippen LogP contribution in [-0.2, 0) is 14.8 Å². The summed E-state index contributed by atoms with van der Waals surface area (Å²) in [6, 6.07) is 4.43. The van der Waals surface area contributed by atoms with E-state index in [1.165, 1.54) is 19.2 Å². The number of primary sulfonamides is 1. The number of likely N-dealkylation sites (N-methyl/N-ethyl adjacent to an activating group) is 1. The Bertz CT molecular complexity index is 613. The lowest BCUT2D eigenvalue weighted by Crippen LogP contribution is -2.34. The van der Waals surface area contributed by atoms with Crippen LogP contribution in [0.4, 0.5) is 0 Å². The van der Waals surface area contributed by atoms with Crippen molar-refractivity contribution in [3.8, 4) is 5.75 Å². The molecule has 6 nitrogen and oxygen atoms in total. The van der Waals surface area contributed by atoms with Crippen molar-refractivity contribution >= 4 is 15.9 Å². The predicted octanol–water partition coefficient (Wildman–Crippen LogP) is 1.36. The van der Waals surface area contributed by atoms with E-state index in [0.29, 0.717) is 5.75 Å². The van der Waals surface area contributed by atoms with E-state index in [1.54, 1.807) is 13.0 Å². The van der Waals surface area contributed by atoms with Crippen molar-refractivity contribution in [3.63, 3.8) is 0 Å². The van der Waals surface area contributed by atoms with Crippen LogP contribution in [0.5, 0.6) is 5.75 Å². The summed E-state index contributed by atoms with van der Waals surface area (Å²) in [4.78, 5) is 11.6. The van der Waals surface area contributed by atoms with Crippen molar-refractivity contribution in [2.45, 2.75) is 44.1 Å². The van der Waals surface area contributed by atoms with Gasteiger partial charge in [0, 0.05) is 7.05 Å². The Morgan fingerprint density at radius 1 is 1.38 bits per heavy atom. The van der Waals surface area contributed by atoms with Gasteiger partial charge in [-0.2, -0.15) is 0 Å². The van der Waals surface area contributed by atoms with Crippen molar-refractivity contribution < 1.29 is 17.9 Å². The molecule has 2 unspecified atom stereocenters. The Kier molecular flexibility index (Phi) is 5.74. The third-order valence-electron chi connectivity index (χ3n) is 3.37. The van der Waals surface area contributed by atoms with E-state index < -0.39 is 16.1 Å². The molecule has 3 N–H and O–H groups in total. The van der Waals surface area contributed by atoms with Crippen LogP contribution in [0, 0.1) is 0 Å². The average molecular weight is 314 g/mol. The molecular formula is C14H22N2O4S. The lowest BCUT2D eigenvalue weighted by molar-refractivity contribution is -0.126. The number of benzene rings is 1. The minimum absolute atomic E-state index is 0.0396. The number of nitrogens with two attached hydrogens (primary N) is 1. The van der Waals surface area contributed by atoms with Crippen LogP contribution in [-0.4, -0.2) is 27.5 Å². The Hall–Kier alpha value is -1.60. The molecule has 7 heteroatoms. The zero-order valence-corrected chi connectivity index (χ0v) is 13.5. The first-order valence-electron chi connectivity index (χ1n) is 6.75. The molecule has 0 aliphatic carbocycles. The number of nitrogens with one attached hydrogen (secondary N) is 1. The molecule has 2 atom stereocenters. The van der Waals surface area contributed by atoms with Crippen molar-refractivity contribution in [3.05, 3.63) is 23.8 Å². The zero-order valence-electron chi connectivity index (χ0n) is 12.7. The second kappa shape index (κ2) is 6.91. The van der Waals surface area contributed by atoms with Gasteiger partial charge in [-0.15, -0.1) is 0 Å². The lowest BCUT2D eigenvalue weighted by Gasteiger charge is -2.20. The highest BCUT2D eigenvalue weighted by molar-refractivity contribution is 7.89. The average Bonchev–Trinajstić information content (AvgIpc) is 2.44. The summed E-state index contributed by atoms with van der Waals surface area (Å²) in [5.74, 6) is 0.326. The maximum Gasteiger partial charge on any atom is 0.260 e. The van der Waals surface area contributed by atoms with Crippen LogP contribution in [0.3, 0.4) is 0 Å². The maximum atomic E-state index is 11.5. The highest BCUT2D eigenvalue weighted by atomic mass is 32.2. The number of ether oxygens (including phenoxy) is 1. The molecule has 1 amide bonds. The van der Waals surface area contributed by atoms with Crippen LogP contribution in [0.1, 0.15) is 38.7 Å². The van der Waals surface area contributed by atoms with Crippen molar-refractivity contribution in [2.75, 3.05) is 7.05 Å². The minimum Gasteiger partial charge on any atom is -0.481 e. The van der Waals surface area contributed by atoms with Crippen LogP contribution >= 0.6 is 0 Å². The standard InChI is InChI=1S/C14H22N2O4S/c1-5-9(2)12-8-11(21(15,18)19)6-7-13(12)20-10(3)14(17)16-4/h6-10H,5H2,1-4H3,(H,16,17)(H2,15,18,19). The van der Waals surface area contributed by atoms with Crippen LogP contribution < -0.4 is 15.2 Å². The largest absolute Gasteiger partial charge is 0.481 e. The molecule has 0 saturated heterocycles. The van der Waals surface area contributed by atoms with Crippen molar-refractivity contribution in [2.24, 2.45) is 5.14 Å². The van der Waals surface area contributed by atoms with Gasteiger partial charge in [0.1, 0.15) is 5.75 Å². The lowest BCUT2D eigenvalue weighted by atomic mass is 9.98. The quantitative estimate of drug-likeness (QED) is 0.828. The second-order valence-corrected chi connectivity index (χ2v) is 6.49. The fourth-order valence-corrected chi connectivity index (χ4v) is 2.41. The molecule has 0 heterocycles. The number of hydrogen-bond acceptors (Lipinski definition) is 4. The van der Waals surface area contributed by atoms with Crippen LogP contribution in [0.15, 0.2) is 23.1 Å². The molecule has 0 aliphatic rings. The van der Waals surface area contributed by atoms with Crippen molar-refractivity contribution in [1.29, 1.82) is 0 Å². The maximum absolute atomic E-state index is 11.5. The van der Waals surface area contributed by atoms with Crippen LogP contribution in [0.2, 0.25) is 0 Å². The van der Waals surface area contributed by atoms with Gasteiger partial charge in [-0.25, -0.2) is 13.6 Å². The van der Waals surface area contributed by atoms with Gasteiger partial charge in [0.2, 0.25) is 10.0 Å². The SMILES string of the molecule is CCC(C)c1cc(S(N)(=O)=O)ccc1OC(C)C(=O)NC. The van der Waals surface area contributed by atoms with Gasteiger partial charge >= 0.3 is 0 Å². The summed E-state index contributed by atoms with van der Waals surface area (Å²) in [5.41, 5.74) is 0.722. The first kappa shape index (κ1) is 17.5. The Morgan fingerprint density at radius 3 is 2.48 bits per heavy atom. The summed E-state index contributed by atoms with van der Waals surface area (Å²) in [6.07, 6.45) is 0.136. The number of carbonyl (C=O) groups excluding carboxylic acids is 1. The van der Waals surface area contributed by atoms with E-state index in [2.05, 4.69) is 5.32 Å². The summed E-state index contributed by atoms with van der Waals surface area (Å²) in [7, 11) is -2.24. The van der Waals surface area contributed by atoms with E-state index >= 15 is 0 Å². The van der Waals surface area contributed by atoms with Gasteiger partial charge < -0.3 is 10.1 Å².